The number of nitrogens with zero attached hydrogens (tertiary/aromatic N) is 1. The van der Waals surface area contributed by atoms with Crippen molar-refractivity contribution in [3.63, 3.8) is 0 Å². The number of hydrogen-bond acceptors (Lipinski definition) is 2. The highest BCUT2D eigenvalue weighted by atomic mass is 16.3. The van der Waals surface area contributed by atoms with Gasteiger partial charge in [-0.2, -0.15) is 0 Å². The number of benzene rings is 1. The monoisotopic (exact) mass is 232 g/mol. The van der Waals surface area contributed by atoms with Gasteiger partial charge in [0.15, 0.2) is 0 Å². The van der Waals surface area contributed by atoms with Crippen molar-refractivity contribution in [1.82, 2.24) is 9.88 Å². The van der Waals surface area contributed by atoms with Crippen molar-refractivity contribution in [3.8, 4) is 5.75 Å². The van der Waals surface area contributed by atoms with Crippen LogP contribution in [0.15, 0.2) is 6.07 Å². The van der Waals surface area contributed by atoms with Gasteiger partial charge >= 0.3 is 0 Å². The van der Waals surface area contributed by atoms with E-state index in [0.29, 0.717) is 5.75 Å². The lowest BCUT2D eigenvalue weighted by Gasteiger charge is -2.16. The third-order valence-corrected chi connectivity index (χ3v) is 3.33. The molecule has 1 heterocycles. The Morgan fingerprint density at radius 1 is 1.18 bits per heavy atom. The van der Waals surface area contributed by atoms with Crippen LogP contribution in [0.3, 0.4) is 0 Å². The second kappa shape index (κ2) is 4.08. The summed E-state index contributed by atoms with van der Waals surface area (Å²) in [6, 6.07) is 2.11. The second-order valence-corrected chi connectivity index (χ2v) is 5.06. The maximum absolute atomic E-state index is 10.3. The van der Waals surface area contributed by atoms with Crippen LogP contribution < -0.4 is 0 Å². The van der Waals surface area contributed by atoms with Crippen molar-refractivity contribution >= 4 is 10.9 Å². The predicted octanol–water partition coefficient (Wildman–Crippen LogP) is 2.86. The van der Waals surface area contributed by atoms with Gasteiger partial charge in [0, 0.05) is 28.7 Å². The van der Waals surface area contributed by atoms with Gasteiger partial charge in [0.2, 0.25) is 0 Å². The molecule has 17 heavy (non-hydrogen) atoms. The van der Waals surface area contributed by atoms with Crippen LogP contribution in [-0.4, -0.2) is 29.1 Å². The fraction of sp³-hybridized carbons (Fsp3) is 0.429. The summed E-state index contributed by atoms with van der Waals surface area (Å²) in [6.07, 6.45) is 0. The van der Waals surface area contributed by atoms with E-state index in [9.17, 15) is 5.11 Å². The van der Waals surface area contributed by atoms with E-state index in [-0.39, 0.29) is 0 Å². The number of aromatic nitrogens is 1. The van der Waals surface area contributed by atoms with E-state index < -0.39 is 0 Å². The molecule has 3 nitrogen and oxygen atoms in total. The van der Waals surface area contributed by atoms with Crippen LogP contribution in [0, 0.1) is 20.8 Å². The summed E-state index contributed by atoms with van der Waals surface area (Å²) in [6.45, 7) is 6.82. The number of aromatic hydroxyl groups is 1. The molecule has 1 aromatic heterocycles. The lowest BCUT2D eigenvalue weighted by Crippen LogP contribution is -2.11. The second-order valence-electron chi connectivity index (χ2n) is 5.06. The van der Waals surface area contributed by atoms with Crippen LogP contribution in [0.4, 0.5) is 0 Å². The number of rotatable bonds is 2. The minimum atomic E-state index is 0.433. The Bertz CT molecular complexity index is 567. The van der Waals surface area contributed by atoms with E-state index in [1.54, 1.807) is 0 Å². The number of phenolic OH excluding ortho intramolecular Hbond substituents is 1. The molecule has 0 spiro atoms. The Kier molecular flexibility index (Phi) is 2.87. The van der Waals surface area contributed by atoms with E-state index >= 15 is 0 Å². The van der Waals surface area contributed by atoms with Gasteiger partial charge in [-0.05, 0) is 52.1 Å². The number of phenols is 1. The van der Waals surface area contributed by atoms with Crippen LogP contribution in [-0.2, 0) is 6.54 Å². The summed E-state index contributed by atoms with van der Waals surface area (Å²) in [5, 5.41) is 11.4. The van der Waals surface area contributed by atoms with E-state index in [1.807, 2.05) is 34.9 Å². The molecule has 2 aromatic rings. The molecule has 0 radical (unpaired) electrons. The Balaban J connectivity index is 2.79. The first-order valence-corrected chi connectivity index (χ1v) is 5.87. The lowest BCUT2D eigenvalue weighted by molar-refractivity contribution is 0.387. The highest BCUT2D eigenvalue weighted by Crippen LogP contribution is 2.35. The molecule has 0 aliphatic rings. The zero-order valence-electron chi connectivity index (χ0n) is 11.2. The summed E-state index contributed by atoms with van der Waals surface area (Å²) < 4.78 is 0. The van der Waals surface area contributed by atoms with Gasteiger partial charge in [0.1, 0.15) is 5.75 Å². The average molecular weight is 232 g/mol. The number of nitrogens with one attached hydrogen (secondary N) is 1. The third kappa shape index (κ3) is 1.91. The average Bonchev–Trinajstić information content (AvgIpc) is 2.63. The zero-order valence-corrected chi connectivity index (χ0v) is 11.2. The van der Waals surface area contributed by atoms with Crippen LogP contribution in [0.5, 0.6) is 5.75 Å². The molecule has 0 unspecified atom stereocenters. The summed E-state index contributed by atoms with van der Waals surface area (Å²) in [7, 11) is 4.03. The highest BCUT2D eigenvalue weighted by Gasteiger charge is 2.16. The topological polar surface area (TPSA) is 39.3 Å². The summed E-state index contributed by atoms with van der Waals surface area (Å²) in [5.41, 5.74) is 5.39. The van der Waals surface area contributed by atoms with Gasteiger partial charge < -0.3 is 15.0 Å². The highest BCUT2D eigenvalue weighted by molar-refractivity contribution is 5.90. The molecule has 0 aliphatic carbocycles. The molecule has 3 heteroatoms. The maximum Gasteiger partial charge on any atom is 0.123 e. The molecular weight excluding hydrogens is 212 g/mol. The van der Waals surface area contributed by atoms with Crippen molar-refractivity contribution < 1.29 is 5.11 Å². The number of H-pyrrole nitrogens is 1. The Labute approximate surface area is 102 Å². The van der Waals surface area contributed by atoms with E-state index in [4.69, 9.17) is 0 Å². The van der Waals surface area contributed by atoms with Crippen molar-refractivity contribution in [1.29, 1.82) is 0 Å². The molecule has 0 fully saturated rings. The fourth-order valence-electron chi connectivity index (χ4n) is 2.32. The van der Waals surface area contributed by atoms with Gasteiger partial charge in [-0.3, -0.25) is 0 Å². The fourth-order valence-corrected chi connectivity index (χ4v) is 2.32. The SMILES string of the molecule is Cc1cc2c(CN(C)C)c(O)c(C)c(C)c2[nH]1. The first-order valence-electron chi connectivity index (χ1n) is 5.87. The number of aryl methyl sites for hydroxylation is 2. The van der Waals surface area contributed by atoms with Crippen LogP contribution >= 0.6 is 0 Å². The number of fused-ring (bicyclic) bond motifs is 1. The molecule has 0 atom stereocenters. The molecule has 2 N–H and O–H groups in total. The van der Waals surface area contributed by atoms with E-state index in [1.165, 1.54) is 0 Å². The summed E-state index contributed by atoms with van der Waals surface area (Å²) in [5.74, 6) is 0.433. The van der Waals surface area contributed by atoms with E-state index in [2.05, 4.69) is 16.0 Å². The first kappa shape index (κ1) is 12.0. The third-order valence-electron chi connectivity index (χ3n) is 3.33. The van der Waals surface area contributed by atoms with Crippen LogP contribution in [0.1, 0.15) is 22.4 Å². The molecule has 2 rings (SSSR count). The van der Waals surface area contributed by atoms with Crippen LogP contribution in [0.25, 0.3) is 10.9 Å². The molecule has 1 aromatic carbocycles. The number of hydrogen-bond donors (Lipinski definition) is 2. The van der Waals surface area contributed by atoms with Crippen molar-refractivity contribution in [2.24, 2.45) is 0 Å². The van der Waals surface area contributed by atoms with Crippen molar-refractivity contribution in [2.45, 2.75) is 27.3 Å². The van der Waals surface area contributed by atoms with Gasteiger partial charge in [0.05, 0.1) is 0 Å². The van der Waals surface area contributed by atoms with Crippen molar-refractivity contribution in [2.75, 3.05) is 14.1 Å². The Morgan fingerprint density at radius 2 is 1.82 bits per heavy atom. The number of aromatic amines is 1. The van der Waals surface area contributed by atoms with Gasteiger partial charge in [-0.15, -0.1) is 0 Å². The van der Waals surface area contributed by atoms with Crippen LogP contribution in [0.2, 0.25) is 0 Å². The molecule has 0 saturated heterocycles. The Morgan fingerprint density at radius 3 is 2.41 bits per heavy atom. The molecule has 92 valence electrons. The van der Waals surface area contributed by atoms with Gasteiger partial charge in [-0.25, -0.2) is 0 Å². The zero-order chi connectivity index (χ0) is 12.7. The molecule has 0 aliphatic heterocycles. The minimum absolute atomic E-state index is 0.433. The molecular formula is C14H20N2O. The van der Waals surface area contributed by atoms with E-state index in [0.717, 1.165) is 39.8 Å². The van der Waals surface area contributed by atoms with Gasteiger partial charge in [0.25, 0.3) is 0 Å². The molecule has 0 saturated carbocycles. The van der Waals surface area contributed by atoms with Crippen molar-refractivity contribution in [3.05, 3.63) is 28.5 Å². The smallest absolute Gasteiger partial charge is 0.123 e. The predicted molar refractivity (Wildman–Crippen MR) is 71.6 cm³/mol. The maximum atomic E-state index is 10.3. The normalized spacial score (nSPS) is 11.6. The first-order chi connectivity index (χ1) is 7.91. The molecule has 0 amide bonds. The summed E-state index contributed by atoms with van der Waals surface area (Å²) >= 11 is 0. The minimum Gasteiger partial charge on any atom is -0.507 e. The Hall–Kier alpha value is -1.48. The lowest BCUT2D eigenvalue weighted by atomic mass is 9.99. The quantitative estimate of drug-likeness (QED) is 0.835. The molecule has 0 bridgehead atoms. The standard InChI is InChI=1S/C14H20N2O/c1-8-6-11-12(7-16(4)5)14(17)10(3)9(2)13(11)15-8/h6,15,17H,7H2,1-5H3. The summed E-state index contributed by atoms with van der Waals surface area (Å²) in [4.78, 5) is 5.45. The van der Waals surface area contributed by atoms with Gasteiger partial charge in [-0.1, -0.05) is 0 Å². The largest absolute Gasteiger partial charge is 0.507 e.